The third-order valence-electron chi connectivity index (χ3n) is 4.89. The number of sulfonamides is 1. The molecule has 0 saturated carbocycles. The van der Waals surface area contributed by atoms with Gasteiger partial charge in [0.1, 0.15) is 22.1 Å². The molecule has 0 radical (unpaired) electrons. The van der Waals surface area contributed by atoms with Gasteiger partial charge in [0.15, 0.2) is 5.03 Å². The second-order valence-electron chi connectivity index (χ2n) is 8.00. The van der Waals surface area contributed by atoms with Crippen LogP contribution >= 0.6 is 34.8 Å². The normalized spacial score (nSPS) is 16.7. The predicted molar refractivity (Wildman–Crippen MR) is 117 cm³/mol. The summed E-state index contributed by atoms with van der Waals surface area (Å²) < 4.78 is 59.8. The lowest BCUT2D eigenvalue weighted by atomic mass is 10.1. The van der Waals surface area contributed by atoms with Gasteiger partial charge in [0, 0.05) is 6.20 Å². The van der Waals surface area contributed by atoms with Gasteiger partial charge in [0.25, 0.3) is 27.7 Å². The van der Waals surface area contributed by atoms with E-state index in [2.05, 4.69) is 15.5 Å². The van der Waals surface area contributed by atoms with Crippen molar-refractivity contribution < 1.29 is 26.5 Å². The lowest BCUT2D eigenvalue weighted by Gasteiger charge is -2.37. The van der Waals surface area contributed by atoms with E-state index in [4.69, 9.17) is 39.3 Å². The molecular formula is C18H16Cl3F2N5O4S. The molecule has 15 heteroatoms. The monoisotopic (exact) mass is 541 g/mol. The Hall–Kier alpha value is -1.99. The highest BCUT2D eigenvalue weighted by atomic mass is 35.5. The van der Waals surface area contributed by atoms with Crippen LogP contribution in [0.5, 0.6) is 0 Å². The molecule has 3 aromatic rings. The predicted octanol–water partition coefficient (Wildman–Crippen LogP) is 4.30. The number of carbonyl (C=O) groups excluding carboxylic acids is 1. The molecule has 1 amide bonds. The van der Waals surface area contributed by atoms with Crippen LogP contribution < -0.4 is 5.32 Å². The zero-order valence-corrected chi connectivity index (χ0v) is 20.4. The summed E-state index contributed by atoms with van der Waals surface area (Å²) in [5.41, 5.74) is 0.223. The van der Waals surface area contributed by atoms with Gasteiger partial charge in [-0.2, -0.15) is 4.31 Å². The summed E-state index contributed by atoms with van der Waals surface area (Å²) in [6.07, 6.45) is 1.16. The largest absolute Gasteiger partial charge is 0.336 e. The first-order valence-electron chi connectivity index (χ1n) is 9.34. The minimum absolute atomic E-state index is 0.0129. The van der Waals surface area contributed by atoms with Gasteiger partial charge in [-0.05, 0) is 26.8 Å². The number of halogens is 5. The molecule has 1 fully saturated rings. The van der Waals surface area contributed by atoms with E-state index in [1.807, 2.05) is 0 Å². The van der Waals surface area contributed by atoms with Crippen molar-refractivity contribution in [3.05, 3.63) is 39.3 Å². The molecule has 0 bridgehead atoms. The minimum atomic E-state index is -4.40. The zero-order valence-electron chi connectivity index (χ0n) is 17.3. The summed E-state index contributed by atoms with van der Waals surface area (Å²) in [6.45, 7) is 2.66. The molecule has 0 spiro atoms. The summed E-state index contributed by atoms with van der Waals surface area (Å²) in [6, 6.07) is 1.24. The number of hydrogen-bond donors (Lipinski definition) is 1. The fourth-order valence-electron chi connectivity index (χ4n) is 3.22. The summed E-state index contributed by atoms with van der Waals surface area (Å²) in [5.74, 6) is -3.93. The Kier molecular flexibility index (Phi) is 5.69. The third-order valence-corrected chi connectivity index (χ3v) is 7.64. The Bertz CT molecular complexity index is 1390. The highest BCUT2D eigenvalue weighted by Gasteiger charge is 2.52. The molecule has 33 heavy (non-hydrogen) atoms. The average Bonchev–Trinajstić information content (AvgIpc) is 3.20. The SMILES string of the molecule is Cc1noc(NC(=O)c2cc3nc(C(C)(C)Cl)c(S(=O)(=O)N4CC(F)(F)C4)n3cc2Cl)c1Cl. The van der Waals surface area contributed by atoms with Crippen molar-refractivity contribution in [2.45, 2.75) is 36.6 Å². The molecule has 4 rings (SSSR count). The minimum Gasteiger partial charge on any atom is -0.336 e. The summed E-state index contributed by atoms with van der Waals surface area (Å²) in [7, 11) is -4.40. The first-order chi connectivity index (χ1) is 15.1. The molecule has 0 atom stereocenters. The number of alkyl halides is 3. The summed E-state index contributed by atoms with van der Waals surface area (Å²) in [4.78, 5) is 15.7. The smallest absolute Gasteiger partial charge is 0.275 e. The molecule has 4 heterocycles. The number of amides is 1. The maximum atomic E-state index is 13.4. The van der Waals surface area contributed by atoms with Gasteiger partial charge in [-0.3, -0.25) is 14.5 Å². The van der Waals surface area contributed by atoms with Crippen molar-refractivity contribution in [1.29, 1.82) is 0 Å². The van der Waals surface area contributed by atoms with Crippen LogP contribution in [-0.2, 0) is 14.9 Å². The second kappa shape index (κ2) is 7.77. The van der Waals surface area contributed by atoms with Crippen molar-refractivity contribution in [2.24, 2.45) is 0 Å². The fraction of sp³-hybridized carbons (Fsp3) is 0.389. The number of hydrogen-bond acceptors (Lipinski definition) is 6. The first kappa shape index (κ1) is 24.1. The van der Waals surface area contributed by atoms with Gasteiger partial charge >= 0.3 is 0 Å². The van der Waals surface area contributed by atoms with Crippen molar-refractivity contribution in [3.63, 3.8) is 0 Å². The molecule has 0 unspecified atom stereocenters. The molecule has 178 valence electrons. The first-order valence-corrected chi connectivity index (χ1v) is 11.9. The van der Waals surface area contributed by atoms with Gasteiger partial charge in [-0.15, -0.1) is 11.6 Å². The van der Waals surface area contributed by atoms with Gasteiger partial charge in [-0.25, -0.2) is 22.2 Å². The van der Waals surface area contributed by atoms with E-state index in [0.29, 0.717) is 10.00 Å². The van der Waals surface area contributed by atoms with Crippen LogP contribution in [0.1, 0.15) is 35.6 Å². The molecule has 9 nitrogen and oxygen atoms in total. The summed E-state index contributed by atoms with van der Waals surface area (Å²) in [5, 5.41) is 5.61. The van der Waals surface area contributed by atoms with Crippen LogP contribution in [0.2, 0.25) is 10.0 Å². The highest BCUT2D eigenvalue weighted by Crippen LogP contribution is 2.39. The topological polar surface area (TPSA) is 110 Å². The van der Waals surface area contributed by atoms with E-state index in [1.54, 1.807) is 6.92 Å². The lowest BCUT2D eigenvalue weighted by Crippen LogP contribution is -2.58. The summed E-state index contributed by atoms with van der Waals surface area (Å²) >= 11 is 18.7. The number of carbonyl (C=O) groups is 1. The number of rotatable bonds is 5. The number of aromatic nitrogens is 3. The molecule has 0 aromatic carbocycles. The van der Waals surface area contributed by atoms with Crippen LogP contribution in [0.3, 0.4) is 0 Å². The Labute approximate surface area is 201 Å². The van der Waals surface area contributed by atoms with E-state index >= 15 is 0 Å². The van der Waals surface area contributed by atoms with Gasteiger partial charge in [0.2, 0.25) is 0 Å². The van der Waals surface area contributed by atoms with Gasteiger partial charge in [0.05, 0.1) is 28.5 Å². The fourth-order valence-corrected chi connectivity index (χ4v) is 5.66. The number of nitrogens with zero attached hydrogens (tertiary/aromatic N) is 4. The van der Waals surface area contributed by atoms with Crippen molar-refractivity contribution >= 4 is 62.3 Å². The van der Waals surface area contributed by atoms with E-state index in [9.17, 15) is 22.0 Å². The zero-order chi connectivity index (χ0) is 24.5. The second-order valence-corrected chi connectivity index (χ2v) is 11.6. The number of pyridine rings is 1. The molecule has 1 aliphatic heterocycles. The Morgan fingerprint density at radius 2 is 1.94 bits per heavy atom. The number of imidazole rings is 1. The van der Waals surface area contributed by atoms with Gasteiger partial charge < -0.3 is 4.52 Å². The van der Waals surface area contributed by atoms with Crippen LogP contribution in [0, 0.1) is 6.92 Å². The van der Waals surface area contributed by atoms with Crippen LogP contribution in [0.4, 0.5) is 14.7 Å². The van der Waals surface area contributed by atoms with Crippen LogP contribution in [0.25, 0.3) is 5.65 Å². The number of anilines is 1. The molecule has 1 aliphatic rings. The Morgan fingerprint density at radius 3 is 2.45 bits per heavy atom. The van der Waals surface area contributed by atoms with Gasteiger partial charge in [-0.1, -0.05) is 28.4 Å². The molecule has 1 N–H and O–H groups in total. The van der Waals surface area contributed by atoms with Crippen molar-refractivity contribution in [1.82, 2.24) is 18.8 Å². The Morgan fingerprint density at radius 1 is 1.30 bits per heavy atom. The average molecular weight is 543 g/mol. The van der Waals surface area contributed by atoms with E-state index in [-0.39, 0.29) is 32.8 Å². The van der Waals surface area contributed by atoms with Crippen LogP contribution in [-0.4, -0.2) is 52.2 Å². The molecular weight excluding hydrogens is 527 g/mol. The maximum Gasteiger partial charge on any atom is 0.275 e. The quantitative estimate of drug-likeness (QED) is 0.481. The Balaban J connectivity index is 1.82. The van der Waals surface area contributed by atoms with Crippen LogP contribution in [0.15, 0.2) is 21.8 Å². The van der Waals surface area contributed by atoms with Crippen molar-refractivity contribution in [2.75, 3.05) is 18.4 Å². The third kappa shape index (κ3) is 4.18. The molecule has 1 saturated heterocycles. The standard InChI is InChI=1S/C18H16Cl3F2N5O4S/c1-8-12(20)15(32-26-8)25-14(29)9-4-11-24-13(17(2,3)21)16(28(11)5-10(9)19)33(30,31)27-6-18(22,23)7-27/h4-5H,6-7H2,1-3H3,(H,25,29). The van der Waals surface area contributed by atoms with Crippen molar-refractivity contribution in [3.8, 4) is 0 Å². The maximum absolute atomic E-state index is 13.4. The molecule has 0 aliphatic carbocycles. The van der Waals surface area contributed by atoms with E-state index < -0.39 is 44.8 Å². The number of aryl methyl sites for hydroxylation is 1. The number of fused-ring (bicyclic) bond motifs is 1. The highest BCUT2D eigenvalue weighted by molar-refractivity contribution is 7.89. The molecule has 3 aromatic heterocycles. The van der Waals surface area contributed by atoms with E-state index in [1.165, 1.54) is 19.9 Å². The van der Waals surface area contributed by atoms with E-state index in [0.717, 1.165) is 10.6 Å². The number of nitrogens with one attached hydrogen (secondary N) is 1. The lowest BCUT2D eigenvalue weighted by molar-refractivity contribution is -0.0946.